The normalized spacial score (nSPS) is 30.0. The van der Waals surface area contributed by atoms with Crippen LogP contribution in [0.3, 0.4) is 0 Å². The largest absolute Gasteiger partial charge is 0.326 e. The Morgan fingerprint density at radius 2 is 1.83 bits per heavy atom. The first-order chi connectivity index (χ1) is 5.20. The van der Waals surface area contributed by atoms with E-state index in [1.54, 1.807) is 0 Å². The summed E-state index contributed by atoms with van der Waals surface area (Å²) < 4.78 is 0. The van der Waals surface area contributed by atoms with Gasteiger partial charge in [0.1, 0.15) is 0 Å². The molecule has 0 aromatic rings. The van der Waals surface area contributed by atoms with E-state index >= 15 is 0 Å². The molecule has 0 saturated heterocycles. The summed E-state index contributed by atoms with van der Waals surface area (Å²) in [6.45, 7) is 4.36. The fourth-order valence-corrected chi connectivity index (χ4v) is 1.79. The molecule has 1 fully saturated rings. The van der Waals surface area contributed by atoms with Gasteiger partial charge in [0.05, 0.1) is 0 Å². The van der Waals surface area contributed by atoms with Crippen LogP contribution >= 0.6 is 12.4 Å². The van der Waals surface area contributed by atoms with Crippen molar-refractivity contribution in [2.75, 3.05) is 0 Å². The Morgan fingerprint density at radius 1 is 1.25 bits per heavy atom. The first-order valence-electron chi connectivity index (χ1n) is 4.72. The molecule has 0 bridgehead atoms. The van der Waals surface area contributed by atoms with Crippen molar-refractivity contribution < 1.29 is 0 Å². The lowest BCUT2D eigenvalue weighted by Crippen LogP contribution is -2.49. The summed E-state index contributed by atoms with van der Waals surface area (Å²) in [7, 11) is 0. The van der Waals surface area contributed by atoms with Crippen molar-refractivity contribution in [2.24, 2.45) is 5.73 Å². The monoisotopic (exact) mass is 192 g/mol. The Kier molecular flexibility index (Phi) is 5.89. The summed E-state index contributed by atoms with van der Waals surface area (Å²) in [5, 5.41) is 3.51. The molecular weight excluding hydrogens is 172 g/mol. The minimum atomic E-state index is 0. The molecule has 0 aromatic heterocycles. The number of halogens is 1. The molecule has 0 amide bonds. The van der Waals surface area contributed by atoms with Crippen LogP contribution < -0.4 is 11.1 Å². The second kappa shape index (κ2) is 5.79. The molecule has 0 radical (unpaired) electrons. The van der Waals surface area contributed by atoms with Gasteiger partial charge in [0.2, 0.25) is 0 Å². The van der Waals surface area contributed by atoms with Crippen molar-refractivity contribution in [3.8, 4) is 0 Å². The van der Waals surface area contributed by atoms with Gasteiger partial charge in [-0.25, -0.2) is 0 Å². The third-order valence-electron chi connectivity index (χ3n) is 2.37. The minimum absolute atomic E-state index is 0. The highest BCUT2D eigenvalue weighted by molar-refractivity contribution is 5.85. The first-order valence-corrected chi connectivity index (χ1v) is 4.72. The van der Waals surface area contributed by atoms with Gasteiger partial charge in [0.15, 0.2) is 0 Å². The Labute approximate surface area is 81.7 Å². The summed E-state index contributed by atoms with van der Waals surface area (Å²) >= 11 is 0. The van der Waals surface area contributed by atoms with Crippen molar-refractivity contribution in [3.63, 3.8) is 0 Å². The van der Waals surface area contributed by atoms with E-state index in [1.165, 1.54) is 25.7 Å². The number of nitrogens with one attached hydrogen (secondary N) is 1. The quantitative estimate of drug-likeness (QED) is 0.699. The molecule has 0 aromatic carbocycles. The predicted molar refractivity (Wildman–Crippen MR) is 55.8 cm³/mol. The smallest absolute Gasteiger partial charge is 0.0221 e. The molecule has 1 aliphatic carbocycles. The standard InChI is InChI=1S/C9H20N2.ClH/c1-7(2)11-9-6-4-3-5-8(9)10;/h7-9,11H,3-6,10H2,1-2H3;1H/t8-,9?;/m0./s1. The first kappa shape index (κ1) is 12.2. The van der Waals surface area contributed by atoms with E-state index in [2.05, 4.69) is 19.2 Å². The lowest BCUT2D eigenvalue weighted by atomic mass is 9.90. The van der Waals surface area contributed by atoms with Crippen LogP contribution in [-0.2, 0) is 0 Å². The maximum Gasteiger partial charge on any atom is 0.0221 e. The highest BCUT2D eigenvalue weighted by Gasteiger charge is 2.21. The van der Waals surface area contributed by atoms with Crippen LogP contribution in [0.4, 0.5) is 0 Å². The van der Waals surface area contributed by atoms with Crippen LogP contribution in [0.15, 0.2) is 0 Å². The van der Waals surface area contributed by atoms with E-state index in [0.717, 1.165) is 0 Å². The van der Waals surface area contributed by atoms with Crippen molar-refractivity contribution in [3.05, 3.63) is 0 Å². The van der Waals surface area contributed by atoms with Crippen molar-refractivity contribution in [1.82, 2.24) is 5.32 Å². The van der Waals surface area contributed by atoms with Gasteiger partial charge < -0.3 is 11.1 Å². The predicted octanol–water partition coefficient (Wildman–Crippen LogP) is 1.68. The van der Waals surface area contributed by atoms with Crippen LogP contribution in [0.1, 0.15) is 39.5 Å². The summed E-state index contributed by atoms with van der Waals surface area (Å²) in [6.07, 6.45) is 5.12. The molecule has 3 N–H and O–H groups in total. The summed E-state index contributed by atoms with van der Waals surface area (Å²) in [5.74, 6) is 0. The van der Waals surface area contributed by atoms with Crippen LogP contribution in [0.25, 0.3) is 0 Å². The molecule has 1 aliphatic rings. The molecule has 74 valence electrons. The number of rotatable bonds is 2. The van der Waals surface area contributed by atoms with Gasteiger partial charge in [0.25, 0.3) is 0 Å². The highest BCUT2D eigenvalue weighted by Crippen LogP contribution is 2.16. The number of hydrogen-bond donors (Lipinski definition) is 2. The van der Waals surface area contributed by atoms with Crippen LogP contribution in [0, 0.1) is 0 Å². The topological polar surface area (TPSA) is 38.0 Å². The van der Waals surface area contributed by atoms with Crippen LogP contribution in [0.5, 0.6) is 0 Å². The lowest BCUT2D eigenvalue weighted by Gasteiger charge is -2.30. The van der Waals surface area contributed by atoms with E-state index < -0.39 is 0 Å². The molecule has 0 heterocycles. The van der Waals surface area contributed by atoms with Crippen LogP contribution in [0.2, 0.25) is 0 Å². The van der Waals surface area contributed by atoms with E-state index in [1.807, 2.05) is 0 Å². The summed E-state index contributed by atoms with van der Waals surface area (Å²) in [5.41, 5.74) is 5.96. The summed E-state index contributed by atoms with van der Waals surface area (Å²) in [4.78, 5) is 0. The zero-order valence-electron chi connectivity index (χ0n) is 8.05. The Balaban J connectivity index is 0.00000121. The van der Waals surface area contributed by atoms with Gasteiger partial charge in [-0.05, 0) is 12.8 Å². The third kappa shape index (κ3) is 3.74. The molecular formula is C9H21ClN2. The van der Waals surface area contributed by atoms with Crippen molar-refractivity contribution in [2.45, 2.75) is 57.7 Å². The van der Waals surface area contributed by atoms with E-state index in [0.29, 0.717) is 18.1 Å². The fraction of sp³-hybridized carbons (Fsp3) is 1.00. The van der Waals surface area contributed by atoms with Crippen molar-refractivity contribution in [1.29, 1.82) is 0 Å². The van der Waals surface area contributed by atoms with Gasteiger partial charge >= 0.3 is 0 Å². The van der Waals surface area contributed by atoms with E-state index in [9.17, 15) is 0 Å². The molecule has 3 heteroatoms. The zero-order chi connectivity index (χ0) is 8.27. The molecule has 1 saturated carbocycles. The maximum absolute atomic E-state index is 5.96. The molecule has 12 heavy (non-hydrogen) atoms. The lowest BCUT2D eigenvalue weighted by molar-refractivity contribution is 0.311. The second-order valence-electron chi connectivity index (χ2n) is 3.88. The molecule has 0 spiro atoms. The van der Waals surface area contributed by atoms with Gasteiger partial charge in [-0.1, -0.05) is 26.7 Å². The number of hydrogen-bond acceptors (Lipinski definition) is 2. The summed E-state index contributed by atoms with van der Waals surface area (Å²) in [6, 6.07) is 1.54. The Hall–Kier alpha value is 0.210. The van der Waals surface area contributed by atoms with Crippen LogP contribution in [-0.4, -0.2) is 18.1 Å². The Bertz CT molecular complexity index is 117. The Morgan fingerprint density at radius 3 is 2.33 bits per heavy atom. The molecule has 1 rings (SSSR count). The second-order valence-corrected chi connectivity index (χ2v) is 3.88. The maximum atomic E-state index is 5.96. The molecule has 0 aliphatic heterocycles. The van der Waals surface area contributed by atoms with E-state index in [4.69, 9.17) is 5.73 Å². The number of nitrogens with two attached hydrogens (primary N) is 1. The molecule has 2 atom stereocenters. The highest BCUT2D eigenvalue weighted by atomic mass is 35.5. The van der Waals surface area contributed by atoms with Gasteiger partial charge in [0, 0.05) is 18.1 Å². The van der Waals surface area contributed by atoms with E-state index in [-0.39, 0.29) is 12.4 Å². The van der Waals surface area contributed by atoms with Gasteiger partial charge in [-0.3, -0.25) is 0 Å². The molecule has 1 unspecified atom stereocenters. The average Bonchev–Trinajstić information content (AvgIpc) is 1.93. The van der Waals surface area contributed by atoms with Crippen molar-refractivity contribution >= 4 is 12.4 Å². The zero-order valence-corrected chi connectivity index (χ0v) is 8.86. The minimum Gasteiger partial charge on any atom is -0.326 e. The third-order valence-corrected chi connectivity index (χ3v) is 2.37. The average molecular weight is 193 g/mol. The van der Waals surface area contributed by atoms with Gasteiger partial charge in [-0.2, -0.15) is 0 Å². The molecule has 2 nitrogen and oxygen atoms in total. The fourth-order valence-electron chi connectivity index (χ4n) is 1.79. The SMILES string of the molecule is CC(C)NC1CCCC[C@@H]1N.Cl. The van der Waals surface area contributed by atoms with Gasteiger partial charge in [-0.15, -0.1) is 12.4 Å².